The number of nitrogens with one attached hydrogen (secondary N) is 1. The summed E-state index contributed by atoms with van der Waals surface area (Å²) >= 11 is 0. The highest BCUT2D eigenvalue weighted by molar-refractivity contribution is 5.85. The van der Waals surface area contributed by atoms with Crippen molar-refractivity contribution < 1.29 is 19.1 Å². The van der Waals surface area contributed by atoms with Crippen LogP contribution < -0.4 is 5.32 Å². The Hall–Kier alpha value is -2.21. The predicted molar refractivity (Wildman–Crippen MR) is 71.4 cm³/mol. The van der Waals surface area contributed by atoms with Gasteiger partial charge in [0, 0.05) is 31.3 Å². The van der Waals surface area contributed by atoms with Crippen LogP contribution in [0.5, 0.6) is 0 Å². The van der Waals surface area contributed by atoms with Gasteiger partial charge in [0.15, 0.2) is 0 Å². The van der Waals surface area contributed by atoms with Crippen molar-refractivity contribution in [1.29, 1.82) is 0 Å². The molecular weight excluding hydrogens is 263 g/mol. The number of aliphatic carboxylic acids is 1. The molecule has 0 radical (unpaired) electrons. The SMILES string of the molecule is O=C(O)C=Cc1cc(CN2CCNC(=O)C2)ccc1F. The average Bonchev–Trinajstić information content (AvgIpc) is 2.39. The van der Waals surface area contributed by atoms with Gasteiger partial charge in [0.1, 0.15) is 5.82 Å². The van der Waals surface area contributed by atoms with Crippen molar-refractivity contribution in [3.63, 3.8) is 0 Å². The van der Waals surface area contributed by atoms with Crippen LogP contribution in [0, 0.1) is 5.82 Å². The second kappa shape index (κ2) is 6.29. The van der Waals surface area contributed by atoms with Gasteiger partial charge < -0.3 is 10.4 Å². The van der Waals surface area contributed by atoms with E-state index in [4.69, 9.17) is 5.11 Å². The molecule has 1 aromatic rings. The van der Waals surface area contributed by atoms with Gasteiger partial charge in [-0.05, 0) is 23.8 Å². The van der Waals surface area contributed by atoms with E-state index < -0.39 is 11.8 Å². The van der Waals surface area contributed by atoms with E-state index in [2.05, 4.69) is 5.32 Å². The molecule has 1 aromatic carbocycles. The molecule has 0 aromatic heterocycles. The molecular formula is C14H15FN2O3. The van der Waals surface area contributed by atoms with Crippen LogP contribution in [0.25, 0.3) is 6.08 Å². The van der Waals surface area contributed by atoms with E-state index in [1.807, 2.05) is 4.90 Å². The van der Waals surface area contributed by atoms with Gasteiger partial charge in [0.2, 0.25) is 5.91 Å². The summed E-state index contributed by atoms with van der Waals surface area (Å²) in [4.78, 5) is 23.7. The van der Waals surface area contributed by atoms with Gasteiger partial charge in [-0.15, -0.1) is 0 Å². The number of carboxylic acid groups (broad SMARTS) is 1. The number of hydrogen-bond acceptors (Lipinski definition) is 3. The monoisotopic (exact) mass is 278 g/mol. The van der Waals surface area contributed by atoms with Crippen molar-refractivity contribution in [2.75, 3.05) is 19.6 Å². The minimum absolute atomic E-state index is 0.0237. The van der Waals surface area contributed by atoms with Crippen LogP contribution in [-0.4, -0.2) is 41.5 Å². The standard InChI is InChI=1S/C14H15FN2O3/c15-12-3-1-10(7-11(12)2-4-14(19)20)8-17-6-5-16-13(18)9-17/h1-4,7H,5-6,8-9H2,(H,16,18)(H,19,20). The topological polar surface area (TPSA) is 69.6 Å². The second-order valence-electron chi connectivity index (χ2n) is 4.59. The minimum Gasteiger partial charge on any atom is -0.478 e. The molecule has 1 aliphatic heterocycles. The van der Waals surface area contributed by atoms with Crippen molar-refractivity contribution >= 4 is 18.0 Å². The Balaban J connectivity index is 2.10. The summed E-state index contributed by atoms with van der Waals surface area (Å²) < 4.78 is 13.5. The van der Waals surface area contributed by atoms with E-state index >= 15 is 0 Å². The second-order valence-corrected chi connectivity index (χ2v) is 4.59. The number of piperazine rings is 1. The maximum absolute atomic E-state index is 13.5. The molecule has 2 N–H and O–H groups in total. The molecule has 1 saturated heterocycles. The lowest BCUT2D eigenvalue weighted by molar-refractivity contribution is -0.131. The molecule has 1 fully saturated rings. The maximum atomic E-state index is 13.5. The molecule has 0 bridgehead atoms. The first kappa shape index (κ1) is 14.2. The first-order valence-corrected chi connectivity index (χ1v) is 6.23. The van der Waals surface area contributed by atoms with E-state index in [1.165, 1.54) is 12.1 Å². The third kappa shape index (κ3) is 3.89. The van der Waals surface area contributed by atoms with Gasteiger partial charge in [-0.2, -0.15) is 0 Å². The van der Waals surface area contributed by atoms with E-state index in [-0.39, 0.29) is 11.5 Å². The summed E-state index contributed by atoms with van der Waals surface area (Å²) in [5, 5.41) is 11.3. The number of nitrogens with zero attached hydrogens (tertiary/aromatic N) is 1. The van der Waals surface area contributed by atoms with Crippen LogP contribution in [-0.2, 0) is 16.1 Å². The van der Waals surface area contributed by atoms with Gasteiger partial charge in [-0.25, -0.2) is 9.18 Å². The summed E-state index contributed by atoms with van der Waals surface area (Å²) in [6.07, 6.45) is 2.13. The van der Waals surface area contributed by atoms with Crippen LogP contribution >= 0.6 is 0 Å². The molecule has 0 spiro atoms. The number of carbonyl (C=O) groups is 2. The summed E-state index contributed by atoms with van der Waals surface area (Å²) in [6.45, 7) is 2.19. The normalized spacial score (nSPS) is 16.4. The largest absolute Gasteiger partial charge is 0.478 e. The zero-order valence-electron chi connectivity index (χ0n) is 10.8. The maximum Gasteiger partial charge on any atom is 0.328 e. The Labute approximate surface area is 115 Å². The van der Waals surface area contributed by atoms with Gasteiger partial charge in [-0.1, -0.05) is 6.07 Å². The molecule has 0 unspecified atom stereocenters. The summed E-state index contributed by atoms with van der Waals surface area (Å²) in [5.41, 5.74) is 1.07. The van der Waals surface area contributed by atoms with E-state index in [0.717, 1.165) is 18.2 Å². The number of halogens is 1. The third-order valence-electron chi connectivity index (χ3n) is 2.99. The summed E-state index contributed by atoms with van der Waals surface area (Å²) in [7, 11) is 0. The van der Waals surface area contributed by atoms with Gasteiger partial charge in [0.25, 0.3) is 0 Å². The Morgan fingerprint density at radius 3 is 3.00 bits per heavy atom. The van der Waals surface area contributed by atoms with Crippen LogP contribution in [0.15, 0.2) is 24.3 Å². The van der Waals surface area contributed by atoms with Crippen molar-refractivity contribution in [2.45, 2.75) is 6.54 Å². The number of hydrogen-bond donors (Lipinski definition) is 2. The van der Waals surface area contributed by atoms with Crippen molar-refractivity contribution in [1.82, 2.24) is 10.2 Å². The minimum atomic E-state index is -1.12. The molecule has 0 saturated carbocycles. The van der Waals surface area contributed by atoms with E-state index in [0.29, 0.717) is 19.6 Å². The smallest absolute Gasteiger partial charge is 0.328 e. The number of carbonyl (C=O) groups excluding carboxylic acids is 1. The lowest BCUT2D eigenvalue weighted by Gasteiger charge is -2.26. The van der Waals surface area contributed by atoms with Crippen LogP contribution in [0.2, 0.25) is 0 Å². The number of carboxylic acids is 1. The van der Waals surface area contributed by atoms with Gasteiger partial charge in [-0.3, -0.25) is 9.69 Å². The Morgan fingerprint density at radius 2 is 2.30 bits per heavy atom. The predicted octanol–water partition coefficient (Wildman–Crippen LogP) is 0.855. The van der Waals surface area contributed by atoms with E-state index in [9.17, 15) is 14.0 Å². The fourth-order valence-electron chi connectivity index (χ4n) is 2.06. The zero-order chi connectivity index (χ0) is 14.5. The van der Waals surface area contributed by atoms with Crippen LogP contribution in [0.4, 0.5) is 4.39 Å². The quantitative estimate of drug-likeness (QED) is 0.801. The highest BCUT2D eigenvalue weighted by Gasteiger charge is 2.16. The third-order valence-corrected chi connectivity index (χ3v) is 2.99. The van der Waals surface area contributed by atoms with E-state index in [1.54, 1.807) is 12.1 Å². The molecule has 1 amide bonds. The average molecular weight is 278 g/mol. The van der Waals surface area contributed by atoms with Crippen LogP contribution in [0.3, 0.4) is 0 Å². The van der Waals surface area contributed by atoms with Gasteiger partial charge >= 0.3 is 5.97 Å². The van der Waals surface area contributed by atoms with Crippen molar-refractivity contribution in [3.8, 4) is 0 Å². The summed E-state index contributed by atoms with van der Waals surface area (Å²) in [5.74, 6) is -1.62. The Bertz CT molecular complexity index is 557. The zero-order valence-corrected chi connectivity index (χ0v) is 10.8. The molecule has 0 atom stereocenters. The molecule has 2 rings (SSSR count). The molecule has 1 heterocycles. The molecule has 5 nitrogen and oxygen atoms in total. The number of amides is 1. The fourth-order valence-corrected chi connectivity index (χ4v) is 2.06. The Morgan fingerprint density at radius 1 is 1.50 bits per heavy atom. The molecule has 1 aliphatic rings. The van der Waals surface area contributed by atoms with Crippen molar-refractivity contribution in [3.05, 3.63) is 41.2 Å². The molecule has 0 aliphatic carbocycles. The molecule has 6 heteroatoms. The van der Waals surface area contributed by atoms with Crippen molar-refractivity contribution in [2.24, 2.45) is 0 Å². The first-order valence-electron chi connectivity index (χ1n) is 6.23. The lowest BCUT2D eigenvalue weighted by atomic mass is 10.1. The van der Waals surface area contributed by atoms with Crippen LogP contribution in [0.1, 0.15) is 11.1 Å². The molecule has 20 heavy (non-hydrogen) atoms. The number of rotatable bonds is 4. The van der Waals surface area contributed by atoms with Gasteiger partial charge in [0.05, 0.1) is 6.54 Å². The molecule has 106 valence electrons. The Kier molecular flexibility index (Phi) is 4.47. The first-order chi connectivity index (χ1) is 9.54. The number of benzene rings is 1. The summed E-state index contributed by atoms with van der Waals surface area (Å²) in [6, 6.07) is 4.54. The lowest BCUT2D eigenvalue weighted by Crippen LogP contribution is -2.47. The highest BCUT2D eigenvalue weighted by atomic mass is 19.1. The highest BCUT2D eigenvalue weighted by Crippen LogP contribution is 2.14. The fraction of sp³-hybridized carbons (Fsp3) is 0.286.